The molecule has 0 amide bonds. The van der Waals surface area contributed by atoms with Crippen LogP contribution in [0.2, 0.25) is 0 Å². The summed E-state index contributed by atoms with van der Waals surface area (Å²) < 4.78 is 5.73. The van der Waals surface area contributed by atoms with E-state index in [1.54, 1.807) is 18.2 Å². The Kier molecular flexibility index (Phi) is 5.61. The van der Waals surface area contributed by atoms with Gasteiger partial charge in [-0.2, -0.15) is 0 Å². The van der Waals surface area contributed by atoms with Crippen molar-refractivity contribution in [3.05, 3.63) is 53.6 Å². The number of ether oxygens (including phenoxy) is 1. The van der Waals surface area contributed by atoms with E-state index in [1.165, 1.54) is 0 Å². The van der Waals surface area contributed by atoms with E-state index >= 15 is 0 Å². The van der Waals surface area contributed by atoms with Crippen LogP contribution in [0.5, 0.6) is 0 Å². The predicted octanol–water partition coefficient (Wildman–Crippen LogP) is 5.80. The zero-order chi connectivity index (χ0) is 25.2. The molecule has 1 aromatic rings. The van der Waals surface area contributed by atoms with Gasteiger partial charge in [-0.05, 0) is 73.0 Å². The molecule has 4 aliphatic rings. The third kappa shape index (κ3) is 2.90. The van der Waals surface area contributed by atoms with Crippen molar-refractivity contribution in [2.45, 2.75) is 52.9 Å². The summed E-state index contributed by atoms with van der Waals surface area (Å²) in [7, 11) is 0. The summed E-state index contributed by atoms with van der Waals surface area (Å²) in [5, 5.41) is 11.0. The number of esters is 1. The highest BCUT2D eigenvalue weighted by Gasteiger charge is 2.83. The minimum atomic E-state index is -1.22. The maximum atomic E-state index is 13.4. The highest BCUT2D eigenvalue weighted by Crippen LogP contribution is 2.83. The zero-order valence-electron chi connectivity index (χ0n) is 21.0. The van der Waals surface area contributed by atoms with Crippen LogP contribution in [0, 0.1) is 45.8 Å². The molecule has 3 saturated carbocycles. The molecular weight excluding hydrogens is 440 g/mol. The number of hydrogen-bond acceptors (Lipinski definition) is 4. The lowest BCUT2D eigenvalue weighted by atomic mass is 9.42. The van der Waals surface area contributed by atoms with E-state index in [0.717, 1.165) is 36.7 Å². The molecule has 0 aliphatic heterocycles. The summed E-state index contributed by atoms with van der Waals surface area (Å²) in [6.07, 6.45) is 8.73. The molecular formula is C30H36O5. The quantitative estimate of drug-likeness (QED) is 0.291. The van der Waals surface area contributed by atoms with Crippen molar-refractivity contribution in [1.82, 2.24) is 0 Å². The maximum Gasteiger partial charge on any atom is 0.338 e. The Bertz CT molecular complexity index is 1100. The summed E-state index contributed by atoms with van der Waals surface area (Å²) in [5.74, 6) is -0.309. The normalized spacial score (nSPS) is 38.7. The fourth-order valence-electron chi connectivity index (χ4n) is 9.00. The first-order valence-corrected chi connectivity index (χ1v) is 13.0. The lowest BCUT2D eigenvalue weighted by Gasteiger charge is -2.58. The lowest BCUT2D eigenvalue weighted by molar-refractivity contribution is -0.181. The van der Waals surface area contributed by atoms with E-state index in [1.807, 2.05) is 26.0 Å². The number of fused-ring (bicyclic) bond motifs is 2. The molecule has 7 atom stereocenters. The number of carbonyl (C=O) groups is 3. The van der Waals surface area contributed by atoms with E-state index in [-0.39, 0.29) is 24.4 Å². The topological polar surface area (TPSA) is 80.7 Å². The van der Waals surface area contributed by atoms with E-state index in [2.05, 4.69) is 19.6 Å². The van der Waals surface area contributed by atoms with Crippen molar-refractivity contribution in [2.75, 3.05) is 6.61 Å². The highest BCUT2D eigenvalue weighted by atomic mass is 16.5. The van der Waals surface area contributed by atoms with Crippen LogP contribution in [0.15, 0.2) is 42.5 Å². The summed E-state index contributed by atoms with van der Waals surface area (Å²) in [5.41, 5.74) is -0.401. The zero-order valence-corrected chi connectivity index (χ0v) is 21.0. The molecule has 1 N–H and O–H groups in total. The Hall–Kier alpha value is -2.69. The molecule has 186 valence electrons. The first-order chi connectivity index (χ1) is 16.7. The van der Waals surface area contributed by atoms with Gasteiger partial charge in [0.2, 0.25) is 0 Å². The number of allylic oxidation sites excluding steroid dienone is 1. The highest BCUT2D eigenvalue weighted by molar-refractivity contribution is 5.91. The third-order valence-electron chi connectivity index (χ3n) is 10.3. The van der Waals surface area contributed by atoms with Gasteiger partial charge in [0.1, 0.15) is 11.7 Å². The van der Waals surface area contributed by atoms with Gasteiger partial charge in [-0.1, -0.05) is 63.6 Å². The van der Waals surface area contributed by atoms with Gasteiger partial charge in [0.25, 0.3) is 0 Å². The lowest BCUT2D eigenvalue weighted by Crippen LogP contribution is -2.62. The van der Waals surface area contributed by atoms with Crippen LogP contribution in [0.4, 0.5) is 0 Å². The molecule has 5 rings (SSSR count). The van der Waals surface area contributed by atoms with Gasteiger partial charge in [0.05, 0.1) is 17.6 Å². The van der Waals surface area contributed by atoms with Crippen molar-refractivity contribution in [3.63, 3.8) is 0 Å². The number of carbonyl (C=O) groups excluding carboxylic acids is 2. The number of hydrogen-bond donors (Lipinski definition) is 1. The Morgan fingerprint density at radius 2 is 1.91 bits per heavy atom. The Morgan fingerprint density at radius 3 is 2.51 bits per heavy atom. The number of rotatable bonds is 8. The molecule has 0 spiro atoms. The molecule has 4 aliphatic carbocycles. The van der Waals surface area contributed by atoms with E-state index in [4.69, 9.17) is 4.74 Å². The van der Waals surface area contributed by atoms with Crippen LogP contribution in [-0.2, 0) is 14.3 Å². The fraction of sp³-hybridized carbons (Fsp3) is 0.567. The molecule has 0 radical (unpaired) electrons. The number of aliphatic carboxylic acids is 1. The van der Waals surface area contributed by atoms with Crippen LogP contribution in [-0.4, -0.2) is 29.9 Å². The summed E-state index contributed by atoms with van der Waals surface area (Å²) in [6.45, 7) is 10.2. The number of carboxylic acid groups (broad SMARTS) is 1. The number of benzene rings is 1. The summed E-state index contributed by atoms with van der Waals surface area (Å²) in [4.78, 5) is 39.2. The molecule has 5 heteroatoms. The largest absolute Gasteiger partial charge is 0.481 e. The van der Waals surface area contributed by atoms with Gasteiger partial charge >= 0.3 is 11.9 Å². The van der Waals surface area contributed by atoms with Crippen LogP contribution in [0.3, 0.4) is 0 Å². The minimum absolute atomic E-state index is 0.0181. The van der Waals surface area contributed by atoms with Crippen molar-refractivity contribution in [3.8, 4) is 0 Å². The van der Waals surface area contributed by atoms with Gasteiger partial charge in [0.15, 0.2) is 0 Å². The van der Waals surface area contributed by atoms with Gasteiger partial charge in [0, 0.05) is 5.41 Å². The number of aldehydes is 1. The van der Waals surface area contributed by atoms with E-state index in [9.17, 15) is 19.5 Å². The fourth-order valence-corrected chi connectivity index (χ4v) is 9.00. The molecule has 35 heavy (non-hydrogen) atoms. The second-order valence-corrected chi connectivity index (χ2v) is 11.7. The van der Waals surface area contributed by atoms with E-state index in [0.29, 0.717) is 30.2 Å². The van der Waals surface area contributed by atoms with Gasteiger partial charge < -0.3 is 14.6 Å². The molecule has 5 nitrogen and oxygen atoms in total. The molecule has 4 bridgehead atoms. The summed E-state index contributed by atoms with van der Waals surface area (Å²) >= 11 is 0. The minimum Gasteiger partial charge on any atom is -0.481 e. The second kappa shape index (κ2) is 8.18. The van der Waals surface area contributed by atoms with Crippen molar-refractivity contribution >= 4 is 24.3 Å². The van der Waals surface area contributed by atoms with Crippen LogP contribution < -0.4 is 0 Å². The third-order valence-corrected chi connectivity index (χ3v) is 10.3. The monoisotopic (exact) mass is 476 g/mol. The van der Waals surface area contributed by atoms with Gasteiger partial charge in [-0.25, -0.2) is 4.79 Å². The smallest absolute Gasteiger partial charge is 0.338 e. The first kappa shape index (κ1) is 24.0. The van der Waals surface area contributed by atoms with Crippen LogP contribution >= 0.6 is 0 Å². The molecule has 0 aromatic heterocycles. The van der Waals surface area contributed by atoms with Gasteiger partial charge in [-0.15, -0.1) is 0 Å². The Balaban J connectivity index is 1.51. The number of carboxylic acids is 1. The Morgan fingerprint density at radius 1 is 1.20 bits per heavy atom. The Labute approximate surface area is 207 Å². The van der Waals surface area contributed by atoms with Crippen molar-refractivity contribution < 1.29 is 24.2 Å². The van der Waals surface area contributed by atoms with Crippen molar-refractivity contribution in [1.29, 1.82) is 0 Å². The molecule has 0 saturated heterocycles. The summed E-state index contributed by atoms with van der Waals surface area (Å²) in [6, 6.07) is 7.08. The van der Waals surface area contributed by atoms with Crippen LogP contribution in [0.1, 0.15) is 68.8 Å². The average molecular weight is 477 g/mol. The predicted molar refractivity (Wildman–Crippen MR) is 133 cm³/mol. The first-order valence-electron chi connectivity index (χ1n) is 13.0. The van der Waals surface area contributed by atoms with Gasteiger partial charge in [-0.3, -0.25) is 4.79 Å². The molecule has 0 heterocycles. The van der Waals surface area contributed by atoms with Crippen LogP contribution in [0.25, 0.3) is 6.08 Å². The maximum absolute atomic E-state index is 13.4. The van der Waals surface area contributed by atoms with E-state index < -0.39 is 28.2 Å². The standard InChI is InChI=1S/C30H36O5/c1-5-20-7-9-21(10-8-20)26(32)35-13-12-28-16-23-19(4)6-11-24(23)29(17-31)15-22(28)14-25(18(2)3)30(28,29)27(33)34/h5,7-10,14,17-19,22-24H,1,6,11-13,15-16H2,2-4H3,(H,33,34)/t19-,22?,23?,24?,28?,29?,30?/m1/s1. The SMILES string of the molecule is C=Cc1ccc(C(=O)OCCC23CC4C(CC[C@H]4C)C4(C=O)CC2C=C(C(C)C)C43C(=O)O)cc1. The molecule has 1 aromatic carbocycles. The average Bonchev–Trinajstić information content (AvgIpc) is 3.41. The molecule has 6 unspecified atom stereocenters. The van der Waals surface area contributed by atoms with Crippen molar-refractivity contribution in [2.24, 2.45) is 45.8 Å². The molecule has 3 fully saturated rings. The second-order valence-electron chi connectivity index (χ2n) is 11.7.